The maximum Gasteiger partial charge on any atom is 0.224 e. The van der Waals surface area contributed by atoms with E-state index in [4.69, 9.17) is 4.52 Å². The number of aliphatic hydroxyl groups is 1. The summed E-state index contributed by atoms with van der Waals surface area (Å²) in [7, 11) is 0. The Hall–Kier alpha value is -2.14. The molecule has 0 spiro atoms. The number of rotatable bonds is 4. The maximum absolute atomic E-state index is 12.2. The quantitative estimate of drug-likeness (QED) is 0.907. The number of fused-ring (bicyclic) bond motifs is 1. The molecule has 23 heavy (non-hydrogen) atoms. The van der Waals surface area contributed by atoms with Crippen LogP contribution >= 0.6 is 0 Å². The van der Waals surface area contributed by atoms with Crippen LogP contribution in [0.2, 0.25) is 0 Å². The molecule has 2 N–H and O–H groups in total. The summed E-state index contributed by atoms with van der Waals surface area (Å²) in [6.07, 6.45) is 2.78. The van der Waals surface area contributed by atoms with E-state index in [1.807, 2.05) is 31.2 Å². The molecule has 0 saturated carbocycles. The largest absolute Gasteiger partial charge is 0.383 e. The summed E-state index contributed by atoms with van der Waals surface area (Å²) in [6.45, 7) is 3.85. The van der Waals surface area contributed by atoms with E-state index in [0.29, 0.717) is 12.2 Å². The molecule has 1 atom stereocenters. The van der Waals surface area contributed by atoms with E-state index >= 15 is 0 Å². The number of amides is 1. The van der Waals surface area contributed by atoms with Crippen LogP contribution in [0.15, 0.2) is 28.8 Å². The normalized spacial score (nSPS) is 20.1. The fraction of sp³-hybridized carbons (Fsp3) is 0.444. The lowest BCUT2D eigenvalue weighted by molar-refractivity contribution is -0.122. The second kappa shape index (κ2) is 6.16. The van der Waals surface area contributed by atoms with Crippen LogP contribution in [0.4, 0.5) is 0 Å². The van der Waals surface area contributed by atoms with Crippen molar-refractivity contribution in [2.45, 2.75) is 45.1 Å². The average molecular weight is 314 g/mol. The highest BCUT2D eigenvalue weighted by molar-refractivity contribution is 5.79. The Morgan fingerprint density at radius 3 is 2.91 bits per heavy atom. The van der Waals surface area contributed by atoms with Crippen molar-refractivity contribution < 1.29 is 14.4 Å². The fourth-order valence-corrected chi connectivity index (χ4v) is 3.30. The van der Waals surface area contributed by atoms with Gasteiger partial charge in [-0.25, -0.2) is 0 Å². The molecular formula is C18H22N2O3. The van der Waals surface area contributed by atoms with Crippen molar-refractivity contribution in [3.8, 4) is 0 Å². The number of carbonyl (C=O) groups excluding carboxylic acids is 1. The lowest BCUT2D eigenvalue weighted by Crippen LogP contribution is -2.43. The third-order valence-electron chi connectivity index (χ3n) is 4.65. The smallest absolute Gasteiger partial charge is 0.224 e. The van der Waals surface area contributed by atoms with E-state index in [1.54, 1.807) is 6.92 Å². The van der Waals surface area contributed by atoms with Crippen LogP contribution in [0.25, 0.3) is 0 Å². The molecule has 0 bridgehead atoms. The Kier molecular flexibility index (Phi) is 4.22. The molecule has 1 aromatic carbocycles. The lowest BCUT2D eigenvalue weighted by atomic mass is 9.79. The molecule has 1 heterocycles. The summed E-state index contributed by atoms with van der Waals surface area (Å²) >= 11 is 0. The Morgan fingerprint density at radius 1 is 1.39 bits per heavy atom. The highest BCUT2D eigenvalue weighted by Crippen LogP contribution is 2.34. The van der Waals surface area contributed by atoms with Gasteiger partial charge in [0.05, 0.1) is 18.7 Å². The molecular weight excluding hydrogens is 292 g/mol. The molecule has 0 unspecified atom stereocenters. The van der Waals surface area contributed by atoms with Crippen molar-refractivity contribution in [2.24, 2.45) is 0 Å². The molecule has 1 aromatic heterocycles. The molecule has 122 valence electrons. The highest BCUT2D eigenvalue weighted by atomic mass is 16.5. The Balaban J connectivity index is 1.68. The third kappa shape index (κ3) is 3.15. The average Bonchev–Trinajstić information content (AvgIpc) is 2.86. The van der Waals surface area contributed by atoms with E-state index in [2.05, 4.69) is 10.5 Å². The molecule has 2 aromatic rings. The zero-order chi connectivity index (χ0) is 16.4. The second-order valence-electron chi connectivity index (χ2n) is 6.30. The first-order valence-electron chi connectivity index (χ1n) is 7.99. The van der Waals surface area contributed by atoms with E-state index in [-0.39, 0.29) is 18.9 Å². The van der Waals surface area contributed by atoms with Gasteiger partial charge in [0.2, 0.25) is 5.91 Å². The topological polar surface area (TPSA) is 75.4 Å². The minimum atomic E-state index is -0.983. The van der Waals surface area contributed by atoms with Gasteiger partial charge in [-0.3, -0.25) is 4.79 Å². The zero-order valence-corrected chi connectivity index (χ0v) is 13.6. The molecule has 0 fully saturated rings. The first-order chi connectivity index (χ1) is 11.0. The van der Waals surface area contributed by atoms with E-state index < -0.39 is 5.60 Å². The summed E-state index contributed by atoms with van der Waals surface area (Å²) in [5.74, 6) is 0.537. The van der Waals surface area contributed by atoms with E-state index in [1.165, 1.54) is 5.56 Å². The fourth-order valence-electron chi connectivity index (χ4n) is 3.30. The van der Waals surface area contributed by atoms with Gasteiger partial charge in [-0.1, -0.05) is 29.4 Å². The van der Waals surface area contributed by atoms with Gasteiger partial charge in [0.15, 0.2) is 0 Å². The van der Waals surface area contributed by atoms with Crippen LogP contribution in [0, 0.1) is 13.8 Å². The van der Waals surface area contributed by atoms with Crippen LogP contribution in [0.5, 0.6) is 0 Å². The van der Waals surface area contributed by atoms with Gasteiger partial charge in [-0.05, 0) is 44.2 Å². The van der Waals surface area contributed by atoms with Crippen molar-refractivity contribution in [1.29, 1.82) is 0 Å². The predicted octanol–water partition coefficient (Wildman–Crippen LogP) is 2.17. The summed E-state index contributed by atoms with van der Waals surface area (Å²) in [5.41, 5.74) is 2.67. The molecule has 5 nitrogen and oxygen atoms in total. The maximum atomic E-state index is 12.2. The summed E-state index contributed by atoms with van der Waals surface area (Å²) in [6, 6.07) is 7.92. The standard InChI is InChI=1S/C18H22N2O3/c1-12-15(13(2)23-20-12)10-17(21)19-11-18(22)9-5-7-14-6-3-4-8-16(14)18/h3-4,6,8,22H,5,7,9-11H2,1-2H3,(H,19,21)/t18-/m1/s1. The molecule has 3 rings (SSSR count). The lowest BCUT2D eigenvalue weighted by Gasteiger charge is -2.34. The monoisotopic (exact) mass is 314 g/mol. The number of hydrogen-bond acceptors (Lipinski definition) is 4. The number of benzene rings is 1. The van der Waals surface area contributed by atoms with Gasteiger partial charge in [0, 0.05) is 5.56 Å². The van der Waals surface area contributed by atoms with Crippen LogP contribution in [0.3, 0.4) is 0 Å². The highest BCUT2D eigenvalue weighted by Gasteiger charge is 2.34. The summed E-state index contributed by atoms with van der Waals surface area (Å²) in [4.78, 5) is 12.2. The van der Waals surface area contributed by atoms with Crippen molar-refractivity contribution in [3.63, 3.8) is 0 Å². The van der Waals surface area contributed by atoms with Gasteiger partial charge in [-0.2, -0.15) is 0 Å². The Morgan fingerprint density at radius 2 is 2.17 bits per heavy atom. The molecule has 5 heteroatoms. The van der Waals surface area contributed by atoms with Crippen LogP contribution < -0.4 is 5.32 Å². The van der Waals surface area contributed by atoms with Crippen LogP contribution in [0.1, 0.15) is 41.0 Å². The third-order valence-corrected chi connectivity index (χ3v) is 4.65. The number of aromatic nitrogens is 1. The number of nitrogens with zero attached hydrogens (tertiary/aromatic N) is 1. The predicted molar refractivity (Wildman–Crippen MR) is 86.0 cm³/mol. The van der Waals surface area contributed by atoms with Crippen LogP contribution in [-0.2, 0) is 23.2 Å². The van der Waals surface area contributed by atoms with Gasteiger partial charge in [0.25, 0.3) is 0 Å². The SMILES string of the molecule is Cc1noc(C)c1CC(=O)NC[C@]1(O)CCCc2ccccc21. The Bertz CT molecular complexity index is 703. The van der Waals surface area contributed by atoms with Crippen molar-refractivity contribution in [1.82, 2.24) is 10.5 Å². The van der Waals surface area contributed by atoms with Gasteiger partial charge in [0.1, 0.15) is 11.4 Å². The summed E-state index contributed by atoms with van der Waals surface area (Å²) in [5, 5.41) is 17.7. The number of hydrogen-bond donors (Lipinski definition) is 2. The second-order valence-corrected chi connectivity index (χ2v) is 6.30. The van der Waals surface area contributed by atoms with E-state index in [0.717, 1.165) is 29.7 Å². The minimum Gasteiger partial charge on any atom is -0.383 e. The van der Waals surface area contributed by atoms with Gasteiger partial charge in [-0.15, -0.1) is 0 Å². The van der Waals surface area contributed by atoms with Crippen molar-refractivity contribution in [3.05, 3.63) is 52.4 Å². The number of aryl methyl sites for hydroxylation is 3. The first kappa shape index (κ1) is 15.7. The first-order valence-corrected chi connectivity index (χ1v) is 7.99. The minimum absolute atomic E-state index is 0.129. The zero-order valence-electron chi connectivity index (χ0n) is 13.6. The van der Waals surface area contributed by atoms with Crippen molar-refractivity contribution >= 4 is 5.91 Å². The molecule has 1 aliphatic carbocycles. The molecule has 1 amide bonds. The molecule has 1 aliphatic rings. The molecule has 0 radical (unpaired) electrons. The summed E-state index contributed by atoms with van der Waals surface area (Å²) < 4.78 is 5.08. The Labute approximate surface area is 135 Å². The van der Waals surface area contributed by atoms with Crippen molar-refractivity contribution in [2.75, 3.05) is 6.54 Å². The van der Waals surface area contributed by atoms with Gasteiger partial charge < -0.3 is 14.9 Å². The molecule has 0 aliphatic heterocycles. The number of nitrogens with one attached hydrogen (secondary N) is 1. The molecule has 0 saturated heterocycles. The number of carbonyl (C=O) groups is 1. The van der Waals surface area contributed by atoms with Gasteiger partial charge >= 0.3 is 0 Å². The van der Waals surface area contributed by atoms with Crippen LogP contribution in [-0.4, -0.2) is 22.7 Å². The van der Waals surface area contributed by atoms with E-state index in [9.17, 15) is 9.90 Å².